The quantitative estimate of drug-likeness (QED) is 0.822. The van der Waals surface area contributed by atoms with Crippen molar-refractivity contribution in [2.45, 2.75) is 32.4 Å². The zero-order valence-electron chi connectivity index (χ0n) is 10.7. The van der Waals surface area contributed by atoms with Gasteiger partial charge in [0.05, 0.1) is 7.11 Å². The molecule has 0 bridgehead atoms. The standard InChI is InChI=1S/C13H19NO3/c1-9(2)14-13(3,12(15)16)10-7-5-6-8-11(10)17-4/h5-9,14H,1-4H3,(H,15,16). The Kier molecular flexibility index (Phi) is 4.12. The van der Waals surface area contributed by atoms with Crippen molar-refractivity contribution in [3.8, 4) is 5.75 Å². The molecular formula is C13H19NO3. The van der Waals surface area contributed by atoms with Gasteiger partial charge in [0.2, 0.25) is 0 Å². The Morgan fingerprint density at radius 3 is 2.47 bits per heavy atom. The third-order valence-corrected chi connectivity index (χ3v) is 2.65. The van der Waals surface area contributed by atoms with Crippen LogP contribution in [-0.4, -0.2) is 24.2 Å². The molecule has 0 aliphatic heterocycles. The summed E-state index contributed by atoms with van der Waals surface area (Å²) in [5, 5.41) is 12.5. The zero-order valence-corrected chi connectivity index (χ0v) is 10.7. The van der Waals surface area contributed by atoms with Crippen molar-refractivity contribution in [1.29, 1.82) is 0 Å². The average Bonchev–Trinajstić information content (AvgIpc) is 2.27. The number of carbonyl (C=O) groups is 1. The fourth-order valence-electron chi connectivity index (χ4n) is 1.89. The molecule has 0 heterocycles. The van der Waals surface area contributed by atoms with E-state index in [1.54, 1.807) is 25.1 Å². The van der Waals surface area contributed by atoms with Gasteiger partial charge in [0.1, 0.15) is 11.3 Å². The Hall–Kier alpha value is -1.55. The molecule has 0 saturated carbocycles. The Morgan fingerprint density at radius 2 is 2.00 bits per heavy atom. The Labute approximate surface area is 102 Å². The van der Waals surface area contributed by atoms with Crippen LogP contribution in [-0.2, 0) is 10.3 Å². The fraction of sp³-hybridized carbons (Fsp3) is 0.462. The lowest BCUT2D eigenvalue weighted by molar-refractivity contribution is -0.145. The highest BCUT2D eigenvalue weighted by Crippen LogP contribution is 2.30. The van der Waals surface area contributed by atoms with Gasteiger partial charge in [-0.15, -0.1) is 0 Å². The van der Waals surface area contributed by atoms with Crippen molar-refractivity contribution in [1.82, 2.24) is 5.32 Å². The van der Waals surface area contributed by atoms with Gasteiger partial charge in [-0.2, -0.15) is 0 Å². The lowest BCUT2D eigenvalue weighted by Crippen LogP contribution is -2.49. The van der Waals surface area contributed by atoms with Crippen LogP contribution in [0.5, 0.6) is 5.75 Å². The lowest BCUT2D eigenvalue weighted by atomic mass is 9.90. The highest BCUT2D eigenvalue weighted by molar-refractivity contribution is 5.81. The number of rotatable bonds is 5. The second-order valence-corrected chi connectivity index (χ2v) is 4.43. The van der Waals surface area contributed by atoms with Crippen LogP contribution in [0.4, 0.5) is 0 Å². The maximum Gasteiger partial charge on any atom is 0.328 e. The van der Waals surface area contributed by atoms with Gasteiger partial charge in [-0.05, 0) is 26.8 Å². The Morgan fingerprint density at radius 1 is 1.41 bits per heavy atom. The minimum Gasteiger partial charge on any atom is -0.496 e. The van der Waals surface area contributed by atoms with Gasteiger partial charge in [-0.3, -0.25) is 5.32 Å². The molecular weight excluding hydrogens is 218 g/mol. The molecule has 1 aromatic rings. The van der Waals surface area contributed by atoms with Gasteiger partial charge in [0.15, 0.2) is 0 Å². The Bertz CT molecular complexity index is 403. The summed E-state index contributed by atoms with van der Waals surface area (Å²) < 4.78 is 5.22. The number of hydrogen-bond donors (Lipinski definition) is 2. The van der Waals surface area contributed by atoms with Gasteiger partial charge in [-0.1, -0.05) is 18.2 Å². The predicted octanol–water partition coefficient (Wildman–Crippen LogP) is 1.99. The highest BCUT2D eigenvalue weighted by atomic mass is 16.5. The van der Waals surface area contributed by atoms with Crippen LogP contribution in [0.2, 0.25) is 0 Å². The van der Waals surface area contributed by atoms with Gasteiger partial charge < -0.3 is 9.84 Å². The lowest BCUT2D eigenvalue weighted by Gasteiger charge is -2.30. The van der Waals surface area contributed by atoms with Crippen LogP contribution in [0.25, 0.3) is 0 Å². The molecule has 17 heavy (non-hydrogen) atoms. The number of carboxylic acid groups (broad SMARTS) is 1. The molecule has 94 valence electrons. The first kappa shape index (κ1) is 13.5. The van der Waals surface area contributed by atoms with Crippen molar-refractivity contribution in [3.63, 3.8) is 0 Å². The summed E-state index contributed by atoms with van der Waals surface area (Å²) in [6.45, 7) is 5.47. The summed E-state index contributed by atoms with van der Waals surface area (Å²) in [6, 6.07) is 7.21. The van der Waals surface area contributed by atoms with E-state index in [9.17, 15) is 9.90 Å². The highest BCUT2D eigenvalue weighted by Gasteiger charge is 2.37. The van der Waals surface area contributed by atoms with Crippen LogP contribution < -0.4 is 10.1 Å². The third-order valence-electron chi connectivity index (χ3n) is 2.65. The molecule has 1 rings (SSSR count). The van der Waals surface area contributed by atoms with Gasteiger partial charge >= 0.3 is 5.97 Å². The first-order valence-corrected chi connectivity index (χ1v) is 5.56. The van der Waals surface area contributed by atoms with E-state index in [-0.39, 0.29) is 6.04 Å². The van der Waals surface area contributed by atoms with E-state index in [0.29, 0.717) is 11.3 Å². The van der Waals surface area contributed by atoms with Crippen LogP contribution in [0.3, 0.4) is 0 Å². The number of aliphatic carboxylic acids is 1. The normalized spacial score (nSPS) is 14.4. The number of para-hydroxylation sites is 1. The second-order valence-electron chi connectivity index (χ2n) is 4.43. The fourth-order valence-corrected chi connectivity index (χ4v) is 1.89. The van der Waals surface area contributed by atoms with Crippen molar-refractivity contribution in [2.75, 3.05) is 7.11 Å². The molecule has 1 atom stereocenters. The monoisotopic (exact) mass is 237 g/mol. The molecule has 4 heteroatoms. The summed E-state index contributed by atoms with van der Waals surface area (Å²) in [6.07, 6.45) is 0. The SMILES string of the molecule is COc1ccccc1C(C)(NC(C)C)C(=O)O. The van der Waals surface area contributed by atoms with E-state index < -0.39 is 11.5 Å². The van der Waals surface area contributed by atoms with Gasteiger partial charge in [-0.25, -0.2) is 4.79 Å². The summed E-state index contributed by atoms with van der Waals surface area (Å²) in [7, 11) is 1.54. The van der Waals surface area contributed by atoms with E-state index in [1.807, 2.05) is 19.9 Å². The molecule has 0 spiro atoms. The van der Waals surface area contributed by atoms with E-state index in [1.165, 1.54) is 7.11 Å². The molecule has 2 N–H and O–H groups in total. The number of ether oxygens (including phenoxy) is 1. The molecule has 0 aromatic heterocycles. The molecule has 0 saturated heterocycles. The van der Waals surface area contributed by atoms with Crippen LogP contribution in [0.1, 0.15) is 26.3 Å². The molecule has 0 aliphatic rings. The van der Waals surface area contributed by atoms with Gasteiger partial charge in [0, 0.05) is 11.6 Å². The van der Waals surface area contributed by atoms with E-state index in [4.69, 9.17) is 4.74 Å². The molecule has 0 radical (unpaired) electrons. The first-order valence-electron chi connectivity index (χ1n) is 5.56. The molecule has 1 unspecified atom stereocenters. The van der Waals surface area contributed by atoms with Crippen molar-refractivity contribution < 1.29 is 14.6 Å². The summed E-state index contributed by atoms with van der Waals surface area (Å²) in [4.78, 5) is 11.5. The first-order chi connectivity index (χ1) is 7.91. The topological polar surface area (TPSA) is 58.6 Å². The minimum absolute atomic E-state index is 0.0565. The number of benzene rings is 1. The Balaban J connectivity index is 3.27. The van der Waals surface area contributed by atoms with Gasteiger partial charge in [0.25, 0.3) is 0 Å². The maximum absolute atomic E-state index is 11.5. The van der Waals surface area contributed by atoms with Crippen molar-refractivity contribution in [2.24, 2.45) is 0 Å². The van der Waals surface area contributed by atoms with Crippen LogP contribution in [0.15, 0.2) is 24.3 Å². The minimum atomic E-state index is -1.15. The third kappa shape index (κ3) is 2.77. The largest absolute Gasteiger partial charge is 0.496 e. The van der Waals surface area contributed by atoms with Crippen LogP contribution >= 0.6 is 0 Å². The number of nitrogens with one attached hydrogen (secondary N) is 1. The number of methoxy groups -OCH3 is 1. The molecule has 0 aliphatic carbocycles. The number of hydrogen-bond acceptors (Lipinski definition) is 3. The summed E-state index contributed by atoms with van der Waals surface area (Å²) >= 11 is 0. The van der Waals surface area contributed by atoms with Crippen molar-refractivity contribution in [3.05, 3.63) is 29.8 Å². The molecule has 0 amide bonds. The molecule has 0 fully saturated rings. The second kappa shape index (κ2) is 5.19. The zero-order chi connectivity index (χ0) is 13.1. The maximum atomic E-state index is 11.5. The summed E-state index contributed by atoms with van der Waals surface area (Å²) in [5.41, 5.74) is -0.524. The smallest absolute Gasteiger partial charge is 0.328 e. The van der Waals surface area contributed by atoms with E-state index in [2.05, 4.69) is 5.32 Å². The predicted molar refractivity (Wildman–Crippen MR) is 66.3 cm³/mol. The molecule has 4 nitrogen and oxygen atoms in total. The van der Waals surface area contributed by atoms with Crippen LogP contribution in [0, 0.1) is 0 Å². The summed E-state index contributed by atoms with van der Waals surface area (Å²) in [5.74, 6) is -0.346. The van der Waals surface area contributed by atoms with E-state index >= 15 is 0 Å². The van der Waals surface area contributed by atoms with E-state index in [0.717, 1.165) is 0 Å². The van der Waals surface area contributed by atoms with Crippen molar-refractivity contribution >= 4 is 5.97 Å². The molecule has 1 aromatic carbocycles. The average molecular weight is 237 g/mol. The number of carboxylic acids is 1.